The van der Waals surface area contributed by atoms with E-state index in [9.17, 15) is 31.9 Å². The number of aliphatic hydroxyl groups is 1. The Morgan fingerprint density at radius 2 is 1.81 bits per heavy atom. The highest BCUT2D eigenvalue weighted by Gasteiger charge is 2.33. The van der Waals surface area contributed by atoms with Crippen LogP contribution in [0, 0.1) is 0 Å². The Kier molecular flexibility index (Phi) is 7.18. The van der Waals surface area contributed by atoms with E-state index in [4.69, 9.17) is 0 Å². The van der Waals surface area contributed by atoms with E-state index in [2.05, 4.69) is 9.97 Å². The van der Waals surface area contributed by atoms with Crippen LogP contribution in [0.2, 0.25) is 0 Å². The van der Waals surface area contributed by atoms with Gasteiger partial charge in [0.05, 0.1) is 18.9 Å². The lowest BCUT2D eigenvalue weighted by Gasteiger charge is -2.22. The van der Waals surface area contributed by atoms with Crippen molar-refractivity contribution in [3.8, 4) is 11.1 Å². The second-order valence-electron chi connectivity index (χ2n) is 7.01. The number of imidazole rings is 1. The van der Waals surface area contributed by atoms with Crippen LogP contribution >= 0.6 is 0 Å². The van der Waals surface area contributed by atoms with Crippen LogP contribution in [-0.2, 0) is 17.3 Å². The predicted molar refractivity (Wildman–Crippen MR) is 105 cm³/mol. The number of amides is 1. The molecule has 3 aromatic rings. The molecule has 6 nitrogen and oxygen atoms in total. The Hall–Kier alpha value is -3.34. The lowest BCUT2D eigenvalue weighted by Crippen LogP contribution is -2.43. The number of rotatable bonds is 9. The predicted octanol–water partition coefficient (Wildman–Crippen LogP) is 3.49. The van der Waals surface area contributed by atoms with Crippen molar-refractivity contribution in [2.75, 3.05) is 6.67 Å². The van der Waals surface area contributed by atoms with Crippen LogP contribution in [0.4, 0.5) is 22.0 Å². The van der Waals surface area contributed by atoms with Crippen LogP contribution in [0.1, 0.15) is 17.4 Å². The first-order valence-electron chi connectivity index (χ1n) is 9.44. The molecular weight excluding hydrogens is 435 g/mol. The Morgan fingerprint density at radius 1 is 1.12 bits per heavy atom. The van der Waals surface area contributed by atoms with Crippen molar-refractivity contribution in [1.29, 1.82) is 0 Å². The fourth-order valence-corrected chi connectivity index (χ4v) is 3.02. The zero-order valence-electron chi connectivity index (χ0n) is 16.5. The molecule has 1 aromatic carbocycles. The van der Waals surface area contributed by atoms with Crippen molar-refractivity contribution in [1.82, 2.24) is 19.9 Å². The summed E-state index contributed by atoms with van der Waals surface area (Å²) in [6.07, 6.45) is 0.487. The second-order valence-corrected chi connectivity index (χ2v) is 7.01. The largest absolute Gasteiger partial charge is 0.386 e. The number of aromatic nitrogens is 3. The van der Waals surface area contributed by atoms with Gasteiger partial charge in [-0.15, -0.1) is 0 Å². The lowest BCUT2D eigenvalue weighted by atomic mass is 9.99. The first-order chi connectivity index (χ1) is 15.2. The van der Waals surface area contributed by atoms with Crippen LogP contribution < -0.4 is 5.32 Å². The summed E-state index contributed by atoms with van der Waals surface area (Å²) in [6.45, 7) is -1.86. The zero-order chi connectivity index (χ0) is 23.3. The van der Waals surface area contributed by atoms with Crippen molar-refractivity contribution < 1.29 is 31.9 Å². The number of alkyl halides is 5. The van der Waals surface area contributed by atoms with E-state index in [1.807, 2.05) is 0 Å². The fraction of sp³-hybridized carbons (Fsp3) is 0.286. The van der Waals surface area contributed by atoms with Crippen LogP contribution in [0.15, 0.2) is 61.3 Å². The van der Waals surface area contributed by atoms with E-state index >= 15 is 0 Å². The molecule has 32 heavy (non-hydrogen) atoms. The third-order valence-electron chi connectivity index (χ3n) is 4.74. The summed E-state index contributed by atoms with van der Waals surface area (Å²) in [4.78, 5) is 18.7. The summed E-state index contributed by atoms with van der Waals surface area (Å²) in [5, 5.41) is 11.9. The van der Waals surface area contributed by atoms with Gasteiger partial charge in [0.15, 0.2) is 0 Å². The van der Waals surface area contributed by atoms with E-state index in [1.54, 1.807) is 5.32 Å². The number of carbonyl (C=O) groups is 1. The molecule has 0 spiro atoms. The number of nitrogens with zero attached hydrogens (tertiary/aromatic N) is 3. The maximum absolute atomic E-state index is 14.4. The lowest BCUT2D eigenvalue weighted by molar-refractivity contribution is -0.133. The van der Waals surface area contributed by atoms with Gasteiger partial charge in [0.1, 0.15) is 18.5 Å². The van der Waals surface area contributed by atoms with Gasteiger partial charge in [-0.2, -0.15) is 17.6 Å². The van der Waals surface area contributed by atoms with Gasteiger partial charge in [-0.05, 0) is 17.2 Å². The molecule has 170 valence electrons. The first-order valence-corrected chi connectivity index (χ1v) is 9.44. The van der Waals surface area contributed by atoms with Gasteiger partial charge in [0.2, 0.25) is 0 Å². The van der Waals surface area contributed by atoms with Gasteiger partial charge in [0.25, 0.3) is 5.91 Å². The minimum atomic E-state index is -3.33. The number of pyridine rings is 1. The minimum absolute atomic E-state index is 0.183. The van der Waals surface area contributed by atoms with E-state index in [-0.39, 0.29) is 5.56 Å². The SMILES string of the molecule is O=C(NC(CF)C(O)c1ccc(-c2ccc(C(F)(F)Cn3ccnc3)nc2)cc1)C(F)F. The van der Waals surface area contributed by atoms with Gasteiger partial charge in [-0.3, -0.25) is 9.78 Å². The van der Waals surface area contributed by atoms with Crippen LogP contribution in [0.25, 0.3) is 11.1 Å². The van der Waals surface area contributed by atoms with E-state index < -0.39 is 49.3 Å². The molecule has 2 atom stereocenters. The molecule has 0 saturated carbocycles. The zero-order valence-corrected chi connectivity index (χ0v) is 16.5. The summed E-state index contributed by atoms with van der Waals surface area (Å²) in [6, 6.07) is 7.02. The molecule has 0 aliphatic rings. The smallest absolute Gasteiger partial charge is 0.315 e. The highest BCUT2D eigenvalue weighted by molar-refractivity contribution is 5.79. The first kappa shape index (κ1) is 23.3. The summed E-state index contributed by atoms with van der Waals surface area (Å²) >= 11 is 0. The normalized spacial score (nSPS) is 13.7. The third-order valence-corrected chi connectivity index (χ3v) is 4.74. The number of carbonyl (C=O) groups excluding carboxylic acids is 1. The average molecular weight is 454 g/mol. The Balaban J connectivity index is 1.71. The number of benzene rings is 1. The van der Waals surface area contributed by atoms with Crippen molar-refractivity contribution >= 4 is 5.91 Å². The highest BCUT2D eigenvalue weighted by Crippen LogP contribution is 2.30. The molecule has 11 heteroatoms. The van der Waals surface area contributed by atoms with Gasteiger partial charge in [-0.1, -0.05) is 30.3 Å². The second kappa shape index (κ2) is 9.86. The quantitative estimate of drug-likeness (QED) is 0.485. The maximum atomic E-state index is 14.4. The topological polar surface area (TPSA) is 80.0 Å². The summed E-state index contributed by atoms with van der Waals surface area (Å²) in [7, 11) is 0. The van der Waals surface area contributed by atoms with Crippen molar-refractivity contribution in [2.45, 2.75) is 31.0 Å². The Bertz CT molecular complexity index is 1010. The van der Waals surface area contributed by atoms with Gasteiger partial charge < -0.3 is 15.0 Å². The number of hydrogen-bond donors (Lipinski definition) is 2. The molecule has 1 amide bonds. The molecule has 0 fully saturated rings. The summed E-state index contributed by atoms with van der Waals surface area (Å²) in [5.41, 5.74) is 0.859. The van der Waals surface area contributed by atoms with Gasteiger partial charge in [0, 0.05) is 24.2 Å². The van der Waals surface area contributed by atoms with Crippen molar-refractivity contribution in [3.05, 3.63) is 72.6 Å². The van der Waals surface area contributed by atoms with Gasteiger partial charge in [-0.25, -0.2) is 9.37 Å². The maximum Gasteiger partial charge on any atom is 0.315 e. The summed E-state index contributed by atoms with van der Waals surface area (Å²) in [5.74, 6) is -4.89. The number of halogens is 5. The Labute approximate surface area is 179 Å². The van der Waals surface area contributed by atoms with E-state index in [0.29, 0.717) is 11.1 Å². The molecule has 0 aliphatic carbocycles. The molecule has 0 saturated heterocycles. The molecule has 0 radical (unpaired) electrons. The minimum Gasteiger partial charge on any atom is -0.386 e. The number of hydrogen-bond acceptors (Lipinski definition) is 4. The molecule has 2 N–H and O–H groups in total. The van der Waals surface area contributed by atoms with Crippen LogP contribution in [-0.4, -0.2) is 44.7 Å². The standard InChI is InChI=1S/C21H19F5N4O2/c22-9-16(29-20(32)19(23)24)18(31)14-3-1-13(2-4-14)15-5-6-17(28-10-15)21(25,26)11-30-8-7-27-12-30/h1-8,10,12,16,18-19,31H,9,11H2,(H,29,32). The van der Waals surface area contributed by atoms with E-state index in [1.165, 1.54) is 65.9 Å². The van der Waals surface area contributed by atoms with Crippen molar-refractivity contribution in [3.63, 3.8) is 0 Å². The average Bonchev–Trinajstić information content (AvgIpc) is 3.29. The molecular formula is C21H19F5N4O2. The summed E-state index contributed by atoms with van der Waals surface area (Å²) < 4.78 is 67.9. The van der Waals surface area contributed by atoms with Crippen LogP contribution in [0.5, 0.6) is 0 Å². The van der Waals surface area contributed by atoms with Crippen molar-refractivity contribution in [2.24, 2.45) is 0 Å². The van der Waals surface area contributed by atoms with E-state index in [0.717, 1.165) is 0 Å². The molecule has 2 aromatic heterocycles. The van der Waals surface area contributed by atoms with Crippen LogP contribution in [0.3, 0.4) is 0 Å². The molecule has 2 heterocycles. The van der Waals surface area contributed by atoms with Gasteiger partial charge >= 0.3 is 12.3 Å². The monoisotopic (exact) mass is 454 g/mol. The Morgan fingerprint density at radius 3 is 2.34 bits per heavy atom. The molecule has 3 rings (SSSR count). The molecule has 2 unspecified atom stereocenters. The number of aliphatic hydroxyl groups excluding tert-OH is 1. The molecule has 0 aliphatic heterocycles. The molecule has 0 bridgehead atoms. The highest BCUT2D eigenvalue weighted by atomic mass is 19.3. The fourth-order valence-electron chi connectivity index (χ4n) is 3.02. The number of nitrogens with one attached hydrogen (secondary N) is 1. The third kappa shape index (κ3) is 5.47.